The number of carboxylic acid groups (broad SMARTS) is 2. The topological polar surface area (TPSA) is 318 Å². The first-order valence-electron chi connectivity index (χ1n) is 34.4. The van der Waals surface area contributed by atoms with Crippen LogP contribution in [0.3, 0.4) is 0 Å². The molecule has 8 N–H and O–H groups in total. The molecule has 2 aromatic rings. The van der Waals surface area contributed by atoms with Gasteiger partial charge in [0.25, 0.3) is 5.91 Å². The number of aryl methyl sites for hydroxylation is 1. The minimum absolute atomic E-state index is 0. The van der Waals surface area contributed by atoms with Gasteiger partial charge in [-0.15, -0.1) is 12.4 Å². The second-order valence-corrected chi connectivity index (χ2v) is 30.6. The Kier molecular flexibility index (Phi) is 32.3. The number of rotatable bonds is 14. The summed E-state index contributed by atoms with van der Waals surface area (Å²) in [6, 6.07) is 6.56. The lowest BCUT2D eigenvalue weighted by molar-refractivity contribution is -0.891. The molecule has 10 rings (SSSR count). The number of carbonyl (C=O) groups is 7. The molecule has 4 aliphatic carbocycles. The van der Waals surface area contributed by atoms with Crippen LogP contribution in [0.4, 0.5) is 14.4 Å². The van der Waals surface area contributed by atoms with Gasteiger partial charge in [0.2, 0.25) is 17.6 Å². The average molecular weight is 1350 g/mol. The molecule has 0 spiro atoms. The van der Waals surface area contributed by atoms with Crippen molar-refractivity contribution in [2.24, 2.45) is 53.1 Å². The Morgan fingerprint density at radius 2 is 1.00 bits per heavy atom. The fraction of sp³-hybridized carbons (Fsp3) is 0.783. The number of quaternary nitrogens is 1. The fourth-order valence-corrected chi connectivity index (χ4v) is 14.7. The maximum Gasteiger partial charge on any atom is 0.408 e. The van der Waals surface area contributed by atoms with Crippen molar-refractivity contribution in [3.05, 3.63) is 35.7 Å². The van der Waals surface area contributed by atoms with E-state index in [0.29, 0.717) is 35.2 Å². The maximum atomic E-state index is 12.5. The number of halogens is 1. The minimum Gasteiger partial charge on any atom is -0.554 e. The number of ether oxygens (including phenoxy) is 3. The van der Waals surface area contributed by atoms with Crippen LogP contribution in [0.5, 0.6) is 0 Å². The summed E-state index contributed by atoms with van der Waals surface area (Å²) < 4.78 is 20.3. The van der Waals surface area contributed by atoms with Crippen molar-refractivity contribution in [3.63, 3.8) is 0 Å². The first-order valence-corrected chi connectivity index (χ1v) is 34.4. The van der Waals surface area contributed by atoms with Crippen molar-refractivity contribution in [3.8, 4) is 11.4 Å². The highest BCUT2D eigenvalue weighted by Crippen LogP contribution is 2.40. The van der Waals surface area contributed by atoms with Crippen molar-refractivity contribution in [2.75, 3.05) is 72.0 Å². The monoisotopic (exact) mass is 1340 g/mol. The van der Waals surface area contributed by atoms with Gasteiger partial charge in [-0.25, -0.2) is 14.4 Å². The van der Waals surface area contributed by atoms with E-state index in [1.807, 2.05) is 49.9 Å². The minimum atomic E-state index is -1.09. The molecule has 94 heavy (non-hydrogen) atoms. The third-order valence-electron chi connectivity index (χ3n) is 18.5. The molecule has 5 heterocycles. The van der Waals surface area contributed by atoms with Crippen LogP contribution < -0.4 is 37.0 Å². The van der Waals surface area contributed by atoms with Gasteiger partial charge in [-0.05, 0) is 196 Å². The highest BCUT2D eigenvalue weighted by atomic mass is 35.5. The third kappa shape index (κ3) is 28.5. The molecule has 24 nitrogen and oxygen atoms in total. The number of hydrogen-bond acceptors (Lipinski definition) is 17. The number of nitrogens with two attached hydrogens (primary N) is 1. The first kappa shape index (κ1) is 80.6. The van der Waals surface area contributed by atoms with E-state index in [2.05, 4.69) is 62.0 Å². The van der Waals surface area contributed by atoms with Gasteiger partial charge in [0.05, 0.1) is 25.7 Å². The Morgan fingerprint density at radius 1 is 0.617 bits per heavy atom. The molecule has 13 atom stereocenters. The van der Waals surface area contributed by atoms with E-state index >= 15 is 0 Å². The SMILES string of the molecule is C[C@@H](N)CN1CC2CCCC2C1.C[C@@H](NC(=O)OC(C)(C)C)C(=O)N1CC2CCCC2C1.C[C@@H](NC(=O)OC(C)(C)C)C(=O)O.C[C@H](CN1CC2CCCC2C1)NC(=O)OC(C)(C)C.Cc1nc(-c2ccc(C(=O)N[C@H](C)C[NH+]3CC4CCCC4C3)cc2)no1.Cl.O=C[O-]. The van der Waals surface area contributed by atoms with E-state index in [4.69, 9.17) is 39.5 Å². The van der Waals surface area contributed by atoms with E-state index in [9.17, 15) is 28.8 Å². The number of carbonyl (C=O) groups excluding carboxylic acids is 6. The Balaban J connectivity index is 0.000000253. The number of nitrogens with zero attached hydrogens (tertiary/aromatic N) is 5. The summed E-state index contributed by atoms with van der Waals surface area (Å²) in [6.07, 6.45) is 15.1. The second-order valence-electron chi connectivity index (χ2n) is 30.6. The molecule has 4 aliphatic heterocycles. The third-order valence-corrected chi connectivity index (χ3v) is 18.5. The van der Waals surface area contributed by atoms with E-state index in [0.717, 1.165) is 73.8 Å². The number of aromatic nitrogens is 2. The second kappa shape index (κ2) is 37.6. The molecular weight excluding hydrogens is 1230 g/mol. The molecule has 4 saturated heterocycles. The summed E-state index contributed by atoms with van der Waals surface area (Å²) in [7, 11) is 0. The lowest BCUT2D eigenvalue weighted by Crippen LogP contribution is -3.12. The van der Waals surface area contributed by atoms with Crippen molar-refractivity contribution >= 4 is 54.9 Å². The highest BCUT2D eigenvalue weighted by molar-refractivity contribution is 5.94. The molecule has 0 radical (unpaired) electrons. The van der Waals surface area contributed by atoms with Crippen LogP contribution in [-0.2, 0) is 28.6 Å². The summed E-state index contributed by atoms with van der Waals surface area (Å²) in [4.78, 5) is 90.6. The van der Waals surface area contributed by atoms with Crippen molar-refractivity contribution in [1.29, 1.82) is 0 Å². The first-order chi connectivity index (χ1) is 43.6. The number of amides is 5. The predicted octanol–water partition coefficient (Wildman–Crippen LogP) is 7.11. The number of benzene rings is 1. The zero-order chi connectivity index (χ0) is 69.0. The van der Waals surface area contributed by atoms with E-state index < -0.39 is 53.5 Å². The Bertz CT molecular complexity index is 2630. The van der Waals surface area contributed by atoms with E-state index in [1.54, 1.807) is 60.3 Å². The lowest BCUT2D eigenvalue weighted by atomic mass is 10.0. The van der Waals surface area contributed by atoms with Crippen LogP contribution in [0, 0.1) is 54.3 Å². The quantitative estimate of drug-likeness (QED) is 0.0732. The molecule has 8 unspecified atom stereocenters. The van der Waals surface area contributed by atoms with Gasteiger partial charge < -0.3 is 80.3 Å². The molecule has 1 aromatic carbocycles. The molecule has 534 valence electrons. The lowest BCUT2D eigenvalue weighted by Gasteiger charge is -2.25. The molecule has 5 amide bonds. The molecule has 1 aromatic heterocycles. The highest BCUT2D eigenvalue weighted by Gasteiger charge is 2.42. The summed E-state index contributed by atoms with van der Waals surface area (Å²) >= 11 is 0. The summed E-state index contributed by atoms with van der Waals surface area (Å²) in [5.41, 5.74) is 5.71. The van der Waals surface area contributed by atoms with Gasteiger partial charge in [0.15, 0.2) is 0 Å². The fourth-order valence-electron chi connectivity index (χ4n) is 14.7. The standard InChI is InChI=1S/C20H26N4O2.C15H26N2O3.C15H28N2O2.C10H20N2.C8H15NO4.CH2O2.ClH/c1-13(10-24-11-17-4-3-5-18(17)12-24)21-20(25)16-8-6-15(7-9-16)19-22-14(2)26-23-19;1-10(16-14(19)20-15(2,3)4)13(18)17-8-11-6-5-7-12(11)9-17;1-11(16-14(18)19-15(2,3)4)8-17-9-12-6-5-7-13(12)10-17;1-8(11)5-12-6-9-3-2-4-10(9)7-12;1-5(6(10)11)9-7(12)13-8(2,3)4;2-1-3;/h6-9,13,17-18H,3-5,10-12H2,1-2H3,(H,21,25);10-12H,5-9H2,1-4H3,(H,16,19);11-13H,5-10H2,1-4H3,(H,16,18);8-10H,2-7,11H2,1H3;5H,1-4H3,(H,9,12)(H,10,11);1H,(H,2,3);1H/t13-,17?,18?;10-,11?,12?;11-,12?,13?;8-,9?,10?;5-;;/m11111../s1. The van der Waals surface area contributed by atoms with Crippen molar-refractivity contribution in [1.82, 2.24) is 46.1 Å². The van der Waals surface area contributed by atoms with Crippen molar-refractivity contribution in [2.45, 2.75) is 228 Å². The number of likely N-dealkylation sites (tertiary alicyclic amines) is 4. The molecule has 25 heteroatoms. The maximum absolute atomic E-state index is 12.5. The molecular formula is C69H118ClN11O13. The van der Waals surface area contributed by atoms with Gasteiger partial charge >= 0.3 is 24.2 Å². The smallest absolute Gasteiger partial charge is 0.408 e. The van der Waals surface area contributed by atoms with Crippen molar-refractivity contribution < 1.29 is 67.4 Å². The normalized spacial score (nSPS) is 25.7. The summed E-state index contributed by atoms with van der Waals surface area (Å²) in [5.74, 6) is 7.03. The average Bonchev–Trinajstić information content (AvgIpc) is 1.72. The van der Waals surface area contributed by atoms with Crippen LogP contribution in [0.1, 0.15) is 190 Å². The largest absolute Gasteiger partial charge is 0.554 e. The van der Waals surface area contributed by atoms with Gasteiger partial charge in [0, 0.05) is 101 Å². The molecule has 8 fully saturated rings. The predicted molar refractivity (Wildman–Crippen MR) is 361 cm³/mol. The number of nitrogens with one attached hydrogen (secondary N) is 5. The Labute approximate surface area is 566 Å². The van der Waals surface area contributed by atoms with Crippen LogP contribution in [0.2, 0.25) is 0 Å². The number of carboxylic acids is 1. The van der Waals surface area contributed by atoms with E-state index in [-0.39, 0.29) is 42.4 Å². The molecule has 4 saturated carbocycles. The van der Waals surface area contributed by atoms with Crippen LogP contribution in [0.25, 0.3) is 11.4 Å². The molecule has 0 bridgehead atoms. The van der Waals surface area contributed by atoms with Gasteiger partial charge in [-0.3, -0.25) is 14.4 Å². The summed E-state index contributed by atoms with van der Waals surface area (Å²) in [6.45, 7) is 39.2. The number of hydrogen-bond donors (Lipinski definition) is 7. The molecule has 8 aliphatic rings. The Hall–Kier alpha value is -5.82. The number of alkyl carbamates (subject to hydrolysis) is 3. The zero-order valence-electron chi connectivity index (χ0n) is 59.2. The number of aliphatic carboxylic acids is 1. The van der Waals surface area contributed by atoms with Crippen LogP contribution in [0.15, 0.2) is 28.8 Å². The van der Waals surface area contributed by atoms with Crippen LogP contribution in [-0.4, -0.2) is 191 Å². The zero-order valence-corrected chi connectivity index (χ0v) is 60.0. The van der Waals surface area contributed by atoms with Gasteiger partial charge in [0.1, 0.15) is 28.9 Å². The van der Waals surface area contributed by atoms with Gasteiger partial charge in [-0.1, -0.05) is 43.0 Å². The summed E-state index contributed by atoms with van der Waals surface area (Å²) in [5, 5.41) is 31.5. The Morgan fingerprint density at radius 3 is 1.38 bits per heavy atom. The van der Waals surface area contributed by atoms with Gasteiger partial charge in [-0.2, -0.15) is 4.98 Å². The van der Waals surface area contributed by atoms with E-state index in [1.165, 1.54) is 123 Å². The number of fused-ring (bicyclic) bond motifs is 4. The van der Waals surface area contributed by atoms with Crippen LogP contribution >= 0.6 is 12.4 Å².